The van der Waals surface area contributed by atoms with E-state index >= 15 is 0 Å². The van der Waals surface area contributed by atoms with Crippen LogP contribution in [-0.2, 0) is 4.79 Å². The maximum absolute atomic E-state index is 11.7. The first-order valence-electron chi connectivity index (χ1n) is 5.70. The van der Waals surface area contributed by atoms with E-state index in [-0.39, 0.29) is 30.5 Å². The Morgan fingerprint density at radius 1 is 1.53 bits per heavy atom. The average molecular weight is 268 g/mol. The van der Waals surface area contributed by atoms with E-state index in [4.69, 9.17) is 9.84 Å². The van der Waals surface area contributed by atoms with Gasteiger partial charge in [0.2, 0.25) is 0 Å². The molecule has 1 atom stereocenters. The highest BCUT2D eigenvalue weighted by molar-refractivity contribution is 5.77. The number of benzene rings is 1. The fraction of sp³-hybridized carbons (Fsp3) is 0.417. The first kappa shape index (κ1) is 14.9. The molecule has 1 unspecified atom stereocenters. The van der Waals surface area contributed by atoms with E-state index in [1.54, 1.807) is 13.0 Å². The third kappa shape index (κ3) is 4.55. The van der Waals surface area contributed by atoms with Crippen LogP contribution in [0.4, 0.5) is 5.69 Å². The minimum absolute atomic E-state index is 0.0475. The van der Waals surface area contributed by atoms with Crippen molar-refractivity contribution in [3.8, 4) is 5.75 Å². The molecule has 0 radical (unpaired) electrons. The summed E-state index contributed by atoms with van der Waals surface area (Å²) in [5.74, 6) is -0.314. The molecule has 1 N–H and O–H groups in total. The smallest absolute Gasteiger partial charge is 0.310 e. The van der Waals surface area contributed by atoms with Gasteiger partial charge in [0.25, 0.3) is 5.91 Å². The standard InChI is InChI=1S/C12H16N2O5/c1-9(15)7-13(2)12(16)8-19-11-6-4-3-5-10(11)14(17)18/h3-6,9,15H,7-8H2,1-2H3. The fourth-order valence-corrected chi connectivity index (χ4v) is 1.48. The van der Waals surface area contributed by atoms with Crippen molar-refractivity contribution in [1.82, 2.24) is 4.90 Å². The molecule has 0 aliphatic heterocycles. The Morgan fingerprint density at radius 3 is 2.74 bits per heavy atom. The van der Waals surface area contributed by atoms with E-state index in [0.717, 1.165) is 0 Å². The number of para-hydroxylation sites is 2. The number of aliphatic hydroxyl groups is 1. The van der Waals surface area contributed by atoms with Gasteiger partial charge in [-0.1, -0.05) is 12.1 Å². The van der Waals surface area contributed by atoms with Crippen LogP contribution < -0.4 is 4.74 Å². The van der Waals surface area contributed by atoms with E-state index in [1.807, 2.05) is 0 Å². The number of hydrogen-bond acceptors (Lipinski definition) is 5. The SMILES string of the molecule is CC(O)CN(C)C(=O)COc1ccccc1[N+](=O)[O-]. The lowest BCUT2D eigenvalue weighted by Crippen LogP contribution is -2.36. The van der Waals surface area contributed by atoms with Crippen molar-refractivity contribution >= 4 is 11.6 Å². The zero-order valence-corrected chi connectivity index (χ0v) is 10.8. The third-order valence-corrected chi connectivity index (χ3v) is 2.38. The van der Waals surface area contributed by atoms with Crippen molar-refractivity contribution in [2.75, 3.05) is 20.2 Å². The number of ether oxygens (including phenoxy) is 1. The second kappa shape index (κ2) is 6.69. The summed E-state index contributed by atoms with van der Waals surface area (Å²) in [7, 11) is 1.53. The van der Waals surface area contributed by atoms with E-state index in [0.29, 0.717) is 0 Å². The van der Waals surface area contributed by atoms with Crippen LogP contribution in [0, 0.1) is 10.1 Å². The number of nitro benzene ring substituents is 1. The van der Waals surface area contributed by atoms with Gasteiger partial charge in [-0.3, -0.25) is 14.9 Å². The quantitative estimate of drug-likeness (QED) is 0.608. The topological polar surface area (TPSA) is 92.9 Å². The van der Waals surface area contributed by atoms with E-state index in [1.165, 1.54) is 30.1 Å². The van der Waals surface area contributed by atoms with Crippen LogP contribution >= 0.6 is 0 Å². The number of aliphatic hydroxyl groups excluding tert-OH is 1. The van der Waals surface area contributed by atoms with Crippen LogP contribution in [0.3, 0.4) is 0 Å². The average Bonchev–Trinajstić information content (AvgIpc) is 2.35. The summed E-state index contributed by atoms with van der Waals surface area (Å²) < 4.78 is 5.15. The number of carbonyl (C=O) groups is 1. The number of hydrogen-bond donors (Lipinski definition) is 1. The lowest BCUT2D eigenvalue weighted by Gasteiger charge is -2.18. The molecule has 7 heteroatoms. The predicted molar refractivity (Wildman–Crippen MR) is 67.9 cm³/mol. The first-order chi connectivity index (χ1) is 8.91. The van der Waals surface area contributed by atoms with Gasteiger partial charge in [0, 0.05) is 19.7 Å². The van der Waals surface area contributed by atoms with Crippen molar-refractivity contribution in [2.45, 2.75) is 13.0 Å². The molecule has 0 heterocycles. The second-order valence-electron chi connectivity index (χ2n) is 4.14. The molecule has 0 spiro atoms. The van der Waals surface area contributed by atoms with Crippen LogP contribution in [-0.4, -0.2) is 47.1 Å². The van der Waals surface area contributed by atoms with Crippen molar-refractivity contribution in [3.05, 3.63) is 34.4 Å². The van der Waals surface area contributed by atoms with Crippen LogP contribution in [0.5, 0.6) is 5.75 Å². The van der Waals surface area contributed by atoms with Gasteiger partial charge in [-0.15, -0.1) is 0 Å². The molecule has 19 heavy (non-hydrogen) atoms. The predicted octanol–water partition coefficient (Wildman–Crippen LogP) is 0.813. The number of nitro groups is 1. The summed E-state index contributed by atoms with van der Waals surface area (Å²) in [5.41, 5.74) is -0.187. The molecule has 1 rings (SSSR count). The molecule has 0 aliphatic rings. The Morgan fingerprint density at radius 2 is 2.16 bits per heavy atom. The van der Waals surface area contributed by atoms with Crippen molar-refractivity contribution in [2.24, 2.45) is 0 Å². The van der Waals surface area contributed by atoms with Crippen molar-refractivity contribution in [3.63, 3.8) is 0 Å². The maximum atomic E-state index is 11.7. The van der Waals surface area contributed by atoms with Gasteiger partial charge in [0.05, 0.1) is 11.0 Å². The van der Waals surface area contributed by atoms with Gasteiger partial charge in [-0.2, -0.15) is 0 Å². The Balaban J connectivity index is 2.62. The minimum Gasteiger partial charge on any atom is -0.477 e. The van der Waals surface area contributed by atoms with Gasteiger partial charge in [0.1, 0.15) is 0 Å². The number of nitrogens with zero attached hydrogens (tertiary/aromatic N) is 2. The second-order valence-corrected chi connectivity index (χ2v) is 4.14. The van der Waals surface area contributed by atoms with E-state index < -0.39 is 11.0 Å². The van der Waals surface area contributed by atoms with Crippen LogP contribution in [0.2, 0.25) is 0 Å². The number of carbonyl (C=O) groups excluding carboxylic acids is 1. The van der Waals surface area contributed by atoms with E-state index in [2.05, 4.69) is 0 Å². The highest BCUT2D eigenvalue weighted by Gasteiger charge is 2.16. The van der Waals surface area contributed by atoms with Gasteiger partial charge in [0.15, 0.2) is 12.4 Å². The zero-order chi connectivity index (χ0) is 14.4. The van der Waals surface area contributed by atoms with Crippen LogP contribution in [0.1, 0.15) is 6.92 Å². The summed E-state index contributed by atoms with van der Waals surface area (Å²) in [6.45, 7) is 1.43. The third-order valence-electron chi connectivity index (χ3n) is 2.38. The number of amides is 1. The number of likely N-dealkylation sites (N-methyl/N-ethyl adjacent to an activating group) is 1. The molecule has 0 saturated carbocycles. The summed E-state index contributed by atoms with van der Waals surface area (Å²) in [6.07, 6.45) is -0.639. The Hall–Kier alpha value is -2.15. The Bertz CT molecular complexity index is 461. The Kier molecular flexibility index (Phi) is 5.25. The molecule has 0 aromatic heterocycles. The van der Waals surface area contributed by atoms with Gasteiger partial charge in [-0.05, 0) is 13.0 Å². The van der Waals surface area contributed by atoms with Gasteiger partial charge < -0.3 is 14.7 Å². The molecule has 0 fully saturated rings. The highest BCUT2D eigenvalue weighted by Crippen LogP contribution is 2.25. The van der Waals surface area contributed by atoms with Crippen LogP contribution in [0.25, 0.3) is 0 Å². The molecule has 0 saturated heterocycles. The number of rotatable bonds is 6. The van der Waals surface area contributed by atoms with Crippen molar-refractivity contribution in [1.29, 1.82) is 0 Å². The Labute approximate surface area is 110 Å². The lowest BCUT2D eigenvalue weighted by atomic mass is 10.3. The molecule has 1 aromatic rings. The van der Waals surface area contributed by atoms with E-state index in [9.17, 15) is 14.9 Å². The zero-order valence-electron chi connectivity index (χ0n) is 10.8. The monoisotopic (exact) mass is 268 g/mol. The van der Waals surface area contributed by atoms with Crippen molar-refractivity contribution < 1.29 is 19.6 Å². The van der Waals surface area contributed by atoms with Gasteiger partial charge >= 0.3 is 5.69 Å². The molecule has 1 aromatic carbocycles. The normalized spacial score (nSPS) is 11.7. The summed E-state index contributed by atoms with van der Waals surface area (Å²) in [5, 5.41) is 19.9. The highest BCUT2D eigenvalue weighted by atomic mass is 16.6. The fourth-order valence-electron chi connectivity index (χ4n) is 1.48. The molecule has 1 amide bonds. The summed E-state index contributed by atoms with van der Waals surface area (Å²) in [4.78, 5) is 23.1. The molecular weight excluding hydrogens is 252 g/mol. The minimum atomic E-state index is -0.639. The summed E-state index contributed by atoms with van der Waals surface area (Å²) in [6, 6.07) is 5.85. The molecule has 104 valence electrons. The lowest BCUT2D eigenvalue weighted by molar-refractivity contribution is -0.385. The first-order valence-corrected chi connectivity index (χ1v) is 5.70. The molecular formula is C12H16N2O5. The molecule has 0 aliphatic carbocycles. The maximum Gasteiger partial charge on any atom is 0.310 e. The molecule has 0 bridgehead atoms. The van der Waals surface area contributed by atoms with Gasteiger partial charge in [-0.25, -0.2) is 0 Å². The largest absolute Gasteiger partial charge is 0.477 e. The van der Waals surface area contributed by atoms with Crippen LogP contribution in [0.15, 0.2) is 24.3 Å². The summed E-state index contributed by atoms with van der Waals surface area (Å²) >= 11 is 0. The molecule has 7 nitrogen and oxygen atoms in total.